The first-order valence-corrected chi connectivity index (χ1v) is 12.0. The first kappa shape index (κ1) is 20.6. The first-order valence-electron chi connectivity index (χ1n) is 12.0. The average Bonchev–Trinajstić information content (AvgIpc) is 3.11. The number of fused-ring (bicyclic) bond motifs is 2. The van der Waals surface area contributed by atoms with Crippen LogP contribution < -0.4 is 4.74 Å². The molecule has 0 unspecified atom stereocenters. The molecule has 0 amide bonds. The highest BCUT2D eigenvalue weighted by Gasteiger charge is 2.81. The largest absolute Gasteiger partial charge is 0.504 e. The van der Waals surface area contributed by atoms with Crippen LogP contribution >= 0.6 is 0 Å². The lowest BCUT2D eigenvalue weighted by Gasteiger charge is -2.75. The van der Waals surface area contributed by atoms with E-state index in [2.05, 4.69) is 27.0 Å². The molecule has 0 aromatic heterocycles. The lowest BCUT2D eigenvalue weighted by molar-refractivity contribution is -0.285. The van der Waals surface area contributed by atoms with E-state index in [0.717, 1.165) is 43.2 Å². The summed E-state index contributed by atoms with van der Waals surface area (Å²) in [6.07, 6.45) is 6.11. The molecule has 6 aliphatic rings. The fraction of sp³-hybridized carbons (Fsp3) is 0.731. The Morgan fingerprint density at radius 1 is 1.22 bits per heavy atom. The molecule has 3 N–H and O–H groups in total. The van der Waals surface area contributed by atoms with Gasteiger partial charge >= 0.3 is 0 Å². The van der Waals surface area contributed by atoms with Crippen LogP contribution in [-0.4, -0.2) is 51.1 Å². The van der Waals surface area contributed by atoms with Crippen LogP contribution in [-0.2, 0) is 11.8 Å². The molecule has 4 fully saturated rings. The van der Waals surface area contributed by atoms with Gasteiger partial charge in [-0.2, -0.15) is 5.26 Å². The highest BCUT2D eigenvalue weighted by Crippen LogP contribution is 2.79. The second-order valence-corrected chi connectivity index (χ2v) is 12.4. The summed E-state index contributed by atoms with van der Waals surface area (Å²) in [7, 11) is 0. The van der Waals surface area contributed by atoms with Crippen LogP contribution in [0.2, 0.25) is 0 Å². The Kier molecular flexibility index (Phi) is 3.70. The maximum Gasteiger partial charge on any atom is 0.179 e. The zero-order valence-corrected chi connectivity index (χ0v) is 19.5. The predicted octanol–water partition coefficient (Wildman–Crippen LogP) is 3.08. The Balaban J connectivity index is 1.66. The first-order chi connectivity index (χ1) is 15.0. The summed E-state index contributed by atoms with van der Waals surface area (Å²) in [6.45, 7) is 8.72. The zero-order chi connectivity index (χ0) is 22.9. The standard InChI is InChI=1S/C26H34N2O4/c1-22(2,3)23(4,31)17-12-25-8-7-24(17,13-29)21-26(25)9-10-28(14-27)18(25)11-15-5-6-16(30)20(32-21)19(15)26/h5-6,17-18,21,29-31H,7-13H2,1-4H3/t17-,18-,21+,23+,24-,25-,26+/m1/s1. The molecule has 6 heteroatoms. The summed E-state index contributed by atoms with van der Waals surface area (Å²) in [5, 5.41) is 43.9. The molecule has 172 valence electrons. The van der Waals surface area contributed by atoms with Gasteiger partial charge in [0.15, 0.2) is 17.7 Å². The minimum atomic E-state index is -1.03. The molecule has 32 heavy (non-hydrogen) atoms. The molecule has 2 aliphatic heterocycles. The number of likely N-dealkylation sites (tertiary alicyclic amines) is 1. The summed E-state index contributed by atoms with van der Waals surface area (Å²) >= 11 is 0. The van der Waals surface area contributed by atoms with Gasteiger partial charge in [-0.15, -0.1) is 0 Å². The Morgan fingerprint density at radius 3 is 2.62 bits per heavy atom. The van der Waals surface area contributed by atoms with E-state index < -0.39 is 16.4 Å². The van der Waals surface area contributed by atoms with Crippen molar-refractivity contribution in [2.45, 2.75) is 83.0 Å². The lowest BCUT2D eigenvalue weighted by Crippen LogP contribution is -2.80. The molecule has 1 aromatic rings. The van der Waals surface area contributed by atoms with Crippen LogP contribution in [0.3, 0.4) is 0 Å². The molecule has 0 radical (unpaired) electrons. The van der Waals surface area contributed by atoms with Crippen molar-refractivity contribution in [3.05, 3.63) is 23.3 Å². The van der Waals surface area contributed by atoms with Gasteiger partial charge in [0.05, 0.1) is 12.2 Å². The van der Waals surface area contributed by atoms with Crippen molar-refractivity contribution in [1.82, 2.24) is 4.90 Å². The van der Waals surface area contributed by atoms with Crippen molar-refractivity contribution in [3.8, 4) is 17.7 Å². The van der Waals surface area contributed by atoms with Crippen LogP contribution in [0.5, 0.6) is 11.5 Å². The van der Waals surface area contributed by atoms with Crippen LogP contribution in [0.15, 0.2) is 12.1 Å². The molecule has 3 saturated carbocycles. The Labute approximate surface area is 189 Å². The summed E-state index contributed by atoms with van der Waals surface area (Å²) in [4.78, 5) is 1.97. The summed E-state index contributed by atoms with van der Waals surface area (Å²) in [6, 6.07) is 3.76. The SMILES string of the molecule is CC(C)(C)[C@@](C)(O)[C@H]1C[C@@]23CC[C@]1(CO)[C@@H]1Oc4c(O)ccc5c4[C@@]12CCN(C#N)[C@@H]3C5. The highest BCUT2D eigenvalue weighted by molar-refractivity contribution is 5.63. The minimum absolute atomic E-state index is 0.0469. The molecule has 7 rings (SSSR count). The van der Waals surface area contributed by atoms with Gasteiger partial charge in [0.2, 0.25) is 0 Å². The van der Waals surface area contributed by atoms with Crippen LogP contribution in [0.4, 0.5) is 0 Å². The quantitative estimate of drug-likeness (QED) is 0.614. The van der Waals surface area contributed by atoms with Crippen molar-refractivity contribution in [2.75, 3.05) is 13.2 Å². The van der Waals surface area contributed by atoms with Crippen molar-refractivity contribution >= 4 is 0 Å². The third-order valence-corrected chi connectivity index (χ3v) is 10.9. The number of ether oxygens (including phenoxy) is 1. The number of phenols is 1. The van der Waals surface area contributed by atoms with Gasteiger partial charge in [-0.1, -0.05) is 26.8 Å². The number of benzene rings is 1. The number of aliphatic hydroxyl groups excluding tert-OH is 1. The maximum absolute atomic E-state index is 12.0. The van der Waals surface area contributed by atoms with Gasteiger partial charge < -0.3 is 25.0 Å². The van der Waals surface area contributed by atoms with Gasteiger partial charge in [-0.25, -0.2) is 0 Å². The van der Waals surface area contributed by atoms with E-state index in [1.165, 1.54) is 0 Å². The maximum atomic E-state index is 12.0. The number of nitriles is 1. The number of hydrogen-bond acceptors (Lipinski definition) is 6. The van der Waals surface area contributed by atoms with E-state index in [0.29, 0.717) is 12.3 Å². The molecule has 1 aromatic carbocycles. The number of phenolic OH excluding ortho intramolecular Hbond substituents is 1. The Bertz CT molecular complexity index is 1060. The van der Waals surface area contributed by atoms with Crippen molar-refractivity contribution in [2.24, 2.45) is 22.2 Å². The van der Waals surface area contributed by atoms with E-state index >= 15 is 0 Å². The topological polar surface area (TPSA) is 96.9 Å². The second kappa shape index (κ2) is 5.74. The Hall–Kier alpha value is -1.97. The van der Waals surface area contributed by atoms with E-state index in [1.807, 2.05) is 17.9 Å². The number of rotatable bonds is 2. The molecule has 4 aliphatic carbocycles. The van der Waals surface area contributed by atoms with Crippen molar-refractivity contribution in [3.63, 3.8) is 0 Å². The van der Waals surface area contributed by atoms with E-state index in [1.54, 1.807) is 6.07 Å². The normalized spacial score (nSPS) is 42.7. The van der Waals surface area contributed by atoms with Gasteiger partial charge in [0, 0.05) is 34.4 Å². The van der Waals surface area contributed by atoms with Gasteiger partial charge in [0.1, 0.15) is 6.10 Å². The number of hydrogen-bond donors (Lipinski definition) is 3. The van der Waals surface area contributed by atoms with E-state index in [-0.39, 0.29) is 41.3 Å². The number of aliphatic hydroxyl groups is 2. The molecule has 6 nitrogen and oxygen atoms in total. The van der Waals surface area contributed by atoms with E-state index in [4.69, 9.17) is 4.74 Å². The minimum Gasteiger partial charge on any atom is -0.504 e. The van der Waals surface area contributed by atoms with Gasteiger partial charge in [-0.05, 0) is 62.0 Å². The van der Waals surface area contributed by atoms with E-state index in [9.17, 15) is 20.6 Å². The molecule has 4 bridgehead atoms. The summed E-state index contributed by atoms with van der Waals surface area (Å²) in [5.41, 5.74) is -0.293. The van der Waals surface area contributed by atoms with Crippen LogP contribution in [0.25, 0.3) is 0 Å². The highest BCUT2D eigenvalue weighted by atomic mass is 16.5. The smallest absolute Gasteiger partial charge is 0.179 e. The molecule has 1 saturated heterocycles. The molecular weight excluding hydrogens is 404 g/mol. The number of nitrogens with zero attached hydrogens (tertiary/aromatic N) is 2. The lowest BCUT2D eigenvalue weighted by atomic mass is 9.31. The number of aromatic hydroxyl groups is 1. The number of piperidine rings is 1. The third-order valence-electron chi connectivity index (χ3n) is 10.9. The predicted molar refractivity (Wildman–Crippen MR) is 118 cm³/mol. The van der Waals surface area contributed by atoms with Crippen LogP contribution in [0.1, 0.15) is 64.5 Å². The molecule has 7 atom stereocenters. The van der Waals surface area contributed by atoms with Gasteiger partial charge in [0.25, 0.3) is 0 Å². The molecular formula is C26H34N2O4. The molecule has 2 heterocycles. The summed E-state index contributed by atoms with van der Waals surface area (Å²) in [5.74, 6) is 0.568. The van der Waals surface area contributed by atoms with Crippen molar-refractivity contribution in [1.29, 1.82) is 5.26 Å². The fourth-order valence-electron chi connectivity index (χ4n) is 8.92. The van der Waals surface area contributed by atoms with Crippen LogP contribution in [0, 0.1) is 33.6 Å². The average molecular weight is 439 g/mol. The zero-order valence-electron chi connectivity index (χ0n) is 19.5. The molecule has 2 spiro atoms. The third kappa shape index (κ3) is 1.89. The van der Waals surface area contributed by atoms with Gasteiger partial charge in [-0.3, -0.25) is 0 Å². The van der Waals surface area contributed by atoms with Crippen molar-refractivity contribution < 1.29 is 20.1 Å². The monoisotopic (exact) mass is 438 g/mol. The summed E-state index contributed by atoms with van der Waals surface area (Å²) < 4.78 is 6.72. The Morgan fingerprint density at radius 2 is 1.97 bits per heavy atom. The fourth-order valence-corrected chi connectivity index (χ4v) is 8.92. The second-order valence-electron chi connectivity index (χ2n) is 12.4.